The molecule has 0 unspecified atom stereocenters. The molecule has 0 bridgehead atoms. The Morgan fingerprint density at radius 2 is 1.94 bits per heavy atom. The molecule has 0 atom stereocenters. The van der Waals surface area contributed by atoms with Crippen LogP contribution in [0, 0.1) is 0 Å². The molecule has 1 aliphatic heterocycles. The number of likely N-dealkylation sites (tertiary alicyclic amines) is 1. The van der Waals surface area contributed by atoms with Crippen molar-refractivity contribution in [2.75, 3.05) is 19.7 Å². The van der Waals surface area contributed by atoms with Crippen LogP contribution in [-0.2, 0) is 4.74 Å². The van der Waals surface area contributed by atoms with Gasteiger partial charge in [-0.1, -0.05) is 0 Å². The lowest BCUT2D eigenvalue weighted by atomic mass is 9.86. The summed E-state index contributed by atoms with van der Waals surface area (Å²) < 4.78 is 5.30. The Labute approximate surface area is 103 Å². The number of aliphatic hydroxyl groups excluding tert-OH is 1. The minimum atomic E-state index is -0.459. The van der Waals surface area contributed by atoms with Gasteiger partial charge in [0, 0.05) is 25.2 Å². The predicted octanol–water partition coefficient (Wildman–Crippen LogP) is 1.10. The molecule has 5 heteroatoms. The average Bonchev–Trinajstić information content (AvgIpc) is 2.15. The minimum Gasteiger partial charge on any atom is -0.444 e. The van der Waals surface area contributed by atoms with Crippen LogP contribution in [0.5, 0.6) is 0 Å². The molecule has 17 heavy (non-hydrogen) atoms. The lowest BCUT2D eigenvalue weighted by Crippen LogP contribution is -2.52. The van der Waals surface area contributed by atoms with E-state index in [4.69, 9.17) is 15.6 Å². The molecule has 1 rings (SSSR count). The van der Waals surface area contributed by atoms with Gasteiger partial charge in [0.2, 0.25) is 0 Å². The quantitative estimate of drug-likeness (QED) is 0.762. The van der Waals surface area contributed by atoms with Crippen LogP contribution < -0.4 is 5.73 Å². The van der Waals surface area contributed by atoms with E-state index in [9.17, 15) is 4.79 Å². The predicted molar refractivity (Wildman–Crippen MR) is 65.7 cm³/mol. The maximum atomic E-state index is 11.8. The fraction of sp³-hybridized carbons (Fsp3) is 0.917. The number of ether oxygens (including phenoxy) is 1. The number of amides is 1. The molecule has 5 nitrogen and oxygen atoms in total. The second-order valence-corrected chi connectivity index (χ2v) is 5.80. The summed E-state index contributed by atoms with van der Waals surface area (Å²) in [6.07, 6.45) is 1.75. The van der Waals surface area contributed by atoms with Gasteiger partial charge in [0.05, 0.1) is 0 Å². The van der Waals surface area contributed by atoms with Gasteiger partial charge in [0.15, 0.2) is 0 Å². The summed E-state index contributed by atoms with van der Waals surface area (Å²) in [5.41, 5.74) is 5.34. The number of nitrogens with two attached hydrogens (primary N) is 1. The number of carbonyl (C=O) groups excluding carboxylic acids is 1. The zero-order valence-electron chi connectivity index (χ0n) is 11.0. The van der Waals surface area contributed by atoms with Gasteiger partial charge in [-0.15, -0.1) is 0 Å². The van der Waals surface area contributed by atoms with Crippen molar-refractivity contribution in [3.05, 3.63) is 0 Å². The van der Waals surface area contributed by atoms with E-state index in [-0.39, 0.29) is 18.2 Å². The first-order chi connectivity index (χ1) is 7.76. The number of piperidine rings is 1. The Balaban J connectivity index is 2.44. The molecule has 1 saturated heterocycles. The zero-order valence-corrected chi connectivity index (χ0v) is 11.0. The first-order valence-corrected chi connectivity index (χ1v) is 6.13. The van der Waals surface area contributed by atoms with E-state index >= 15 is 0 Å². The van der Waals surface area contributed by atoms with Crippen molar-refractivity contribution < 1.29 is 14.6 Å². The van der Waals surface area contributed by atoms with Gasteiger partial charge in [-0.25, -0.2) is 4.79 Å². The van der Waals surface area contributed by atoms with Crippen molar-refractivity contribution in [3.63, 3.8) is 0 Å². The molecule has 0 radical (unpaired) electrons. The van der Waals surface area contributed by atoms with Crippen LogP contribution in [0.25, 0.3) is 0 Å². The molecule has 100 valence electrons. The van der Waals surface area contributed by atoms with Crippen LogP contribution in [0.15, 0.2) is 0 Å². The Kier molecular flexibility index (Phi) is 4.38. The van der Waals surface area contributed by atoms with E-state index in [2.05, 4.69) is 0 Å². The van der Waals surface area contributed by atoms with Gasteiger partial charge in [-0.3, -0.25) is 0 Å². The highest BCUT2D eigenvalue weighted by Gasteiger charge is 2.33. The lowest BCUT2D eigenvalue weighted by Gasteiger charge is -2.39. The van der Waals surface area contributed by atoms with E-state index in [0.29, 0.717) is 32.4 Å². The summed E-state index contributed by atoms with van der Waals surface area (Å²) in [5, 5.41) is 8.93. The topological polar surface area (TPSA) is 75.8 Å². The summed E-state index contributed by atoms with van der Waals surface area (Å²) in [6, 6.07) is 0. The standard InChI is InChI=1S/C12H24N2O3/c1-11(2,3)17-10(16)14-7-4-12(13,5-8-14)6-9-15/h15H,4-9,13H2,1-3H3. The van der Waals surface area contributed by atoms with Crippen LogP contribution in [-0.4, -0.2) is 46.9 Å². The van der Waals surface area contributed by atoms with Crippen LogP contribution >= 0.6 is 0 Å². The van der Waals surface area contributed by atoms with Crippen LogP contribution in [0.1, 0.15) is 40.0 Å². The number of aliphatic hydroxyl groups is 1. The monoisotopic (exact) mass is 244 g/mol. The smallest absolute Gasteiger partial charge is 0.410 e. The van der Waals surface area contributed by atoms with Crippen molar-refractivity contribution in [3.8, 4) is 0 Å². The Morgan fingerprint density at radius 1 is 1.41 bits per heavy atom. The minimum absolute atomic E-state index is 0.100. The molecule has 0 aromatic carbocycles. The molecular formula is C12H24N2O3. The molecule has 1 aliphatic rings. The van der Waals surface area contributed by atoms with E-state index < -0.39 is 5.60 Å². The highest BCUT2D eigenvalue weighted by Crippen LogP contribution is 2.24. The second kappa shape index (κ2) is 5.23. The number of hydrogen-bond donors (Lipinski definition) is 2. The van der Waals surface area contributed by atoms with Gasteiger partial charge < -0.3 is 20.5 Å². The largest absolute Gasteiger partial charge is 0.444 e. The number of nitrogens with zero attached hydrogens (tertiary/aromatic N) is 1. The first kappa shape index (κ1) is 14.3. The van der Waals surface area contributed by atoms with Crippen molar-refractivity contribution in [2.45, 2.75) is 51.2 Å². The highest BCUT2D eigenvalue weighted by atomic mass is 16.6. The van der Waals surface area contributed by atoms with E-state index in [1.807, 2.05) is 20.8 Å². The Morgan fingerprint density at radius 3 is 2.35 bits per heavy atom. The molecule has 0 spiro atoms. The van der Waals surface area contributed by atoms with Crippen LogP contribution in [0.3, 0.4) is 0 Å². The number of hydrogen-bond acceptors (Lipinski definition) is 4. The fourth-order valence-electron chi connectivity index (χ4n) is 1.93. The fourth-order valence-corrected chi connectivity index (χ4v) is 1.93. The molecular weight excluding hydrogens is 220 g/mol. The molecule has 1 fully saturated rings. The summed E-state index contributed by atoms with van der Waals surface area (Å²) in [6.45, 7) is 6.87. The zero-order chi connectivity index (χ0) is 13.1. The third-order valence-corrected chi connectivity index (χ3v) is 3.02. The molecule has 3 N–H and O–H groups in total. The van der Waals surface area contributed by atoms with Crippen LogP contribution in [0.4, 0.5) is 4.79 Å². The third kappa shape index (κ3) is 4.52. The SMILES string of the molecule is CC(C)(C)OC(=O)N1CCC(N)(CCO)CC1. The van der Waals surface area contributed by atoms with Gasteiger partial charge in [0.1, 0.15) is 5.60 Å². The number of carbonyl (C=O) groups is 1. The number of rotatable bonds is 2. The third-order valence-electron chi connectivity index (χ3n) is 3.02. The Bertz CT molecular complexity index is 265. The normalized spacial score (nSPS) is 20.2. The summed E-state index contributed by atoms with van der Waals surface area (Å²) in [5.74, 6) is 0. The molecule has 0 aromatic heterocycles. The van der Waals surface area contributed by atoms with Gasteiger partial charge in [-0.2, -0.15) is 0 Å². The molecule has 0 saturated carbocycles. The van der Waals surface area contributed by atoms with Gasteiger partial charge >= 0.3 is 6.09 Å². The van der Waals surface area contributed by atoms with E-state index in [0.717, 1.165) is 0 Å². The second-order valence-electron chi connectivity index (χ2n) is 5.80. The summed E-state index contributed by atoms with van der Waals surface area (Å²) in [7, 11) is 0. The van der Waals surface area contributed by atoms with Gasteiger partial charge in [-0.05, 0) is 40.0 Å². The van der Waals surface area contributed by atoms with E-state index in [1.165, 1.54) is 0 Å². The molecule has 0 aliphatic carbocycles. The molecule has 1 amide bonds. The van der Waals surface area contributed by atoms with Crippen LogP contribution in [0.2, 0.25) is 0 Å². The highest BCUT2D eigenvalue weighted by molar-refractivity contribution is 5.68. The maximum Gasteiger partial charge on any atom is 0.410 e. The maximum absolute atomic E-state index is 11.8. The van der Waals surface area contributed by atoms with Gasteiger partial charge in [0.25, 0.3) is 0 Å². The van der Waals surface area contributed by atoms with E-state index in [1.54, 1.807) is 4.90 Å². The average molecular weight is 244 g/mol. The molecule has 0 aromatic rings. The van der Waals surface area contributed by atoms with Crippen molar-refractivity contribution >= 4 is 6.09 Å². The summed E-state index contributed by atoms with van der Waals surface area (Å²) in [4.78, 5) is 13.5. The Hall–Kier alpha value is -0.810. The van der Waals surface area contributed by atoms with Crippen molar-refractivity contribution in [1.82, 2.24) is 4.90 Å². The van der Waals surface area contributed by atoms with Crippen molar-refractivity contribution in [1.29, 1.82) is 0 Å². The summed E-state index contributed by atoms with van der Waals surface area (Å²) >= 11 is 0. The molecule has 1 heterocycles. The lowest BCUT2D eigenvalue weighted by molar-refractivity contribution is 0.0157. The van der Waals surface area contributed by atoms with Crippen molar-refractivity contribution in [2.24, 2.45) is 5.73 Å². The first-order valence-electron chi connectivity index (χ1n) is 6.13.